The molecule has 74 valence electrons. The topological polar surface area (TPSA) is 20.3 Å². The standard InChI is InChI=1S/C12H15NO/c1-13-11(9-14)7-4-6-10-5-2-3-8-12(10)13/h2-3,5,8-9,11H,4,6-7H2,1H3. The van der Waals surface area contributed by atoms with E-state index < -0.39 is 0 Å². The minimum Gasteiger partial charge on any atom is -0.365 e. The monoisotopic (exact) mass is 189 g/mol. The van der Waals surface area contributed by atoms with Gasteiger partial charge in [0.2, 0.25) is 0 Å². The van der Waals surface area contributed by atoms with Crippen molar-refractivity contribution in [1.29, 1.82) is 0 Å². The van der Waals surface area contributed by atoms with Gasteiger partial charge in [-0.3, -0.25) is 0 Å². The van der Waals surface area contributed by atoms with E-state index in [4.69, 9.17) is 0 Å². The molecule has 1 atom stereocenters. The second kappa shape index (κ2) is 3.82. The summed E-state index contributed by atoms with van der Waals surface area (Å²) < 4.78 is 0. The molecule has 0 radical (unpaired) electrons. The molecule has 0 fully saturated rings. The average molecular weight is 189 g/mol. The van der Waals surface area contributed by atoms with Crippen LogP contribution in [0.1, 0.15) is 18.4 Å². The van der Waals surface area contributed by atoms with Crippen LogP contribution in [-0.4, -0.2) is 19.4 Å². The van der Waals surface area contributed by atoms with Gasteiger partial charge in [0, 0.05) is 12.7 Å². The number of nitrogens with zero attached hydrogens (tertiary/aromatic N) is 1. The SMILES string of the molecule is CN1c2ccccc2CCCC1C=O. The van der Waals surface area contributed by atoms with Crippen molar-refractivity contribution in [1.82, 2.24) is 0 Å². The third kappa shape index (κ3) is 1.52. The Hall–Kier alpha value is -1.31. The molecule has 2 heteroatoms. The molecule has 1 aliphatic rings. The van der Waals surface area contributed by atoms with E-state index in [-0.39, 0.29) is 6.04 Å². The number of aldehydes is 1. The number of anilines is 1. The zero-order valence-corrected chi connectivity index (χ0v) is 8.44. The molecule has 0 aromatic heterocycles. The summed E-state index contributed by atoms with van der Waals surface area (Å²) in [6, 6.07) is 8.39. The number of para-hydroxylation sites is 1. The van der Waals surface area contributed by atoms with Crippen LogP contribution in [0.2, 0.25) is 0 Å². The van der Waals surface area contributed by atoms with Crippen molar-refractivity contribution in [2.75, 3.05) is 11.9 Å². The zero-order valence-electron chi connectivity index (χ0n) is 8.44. The number of likely N-dealkylation sites (N-methyl/N-ethyl adjacent to an activating group) is 1. The molecule has 1 unspecified atom stereocenters. The number of benzene rings is 1. The molecule has 0 bridgehead atoms. The molecule has 2 nitrogen and oxygen atoms in total. The number of hydrogen-bond donors (Lipinski definition) is 0. The summed E-state index contributed by atoms with van der Waals surface area (Å²) in [4.78, 5) is 13.0. The van der Waals surface area contributed by atoms with E-state index >= 15 is 0 Å². The Morgan fingerprint density at radius 2 is 2.21 bits per heavy atom. The first kappa shape index (κ1) is 9.25. The Bertz CT molecular complexity index is 335. The first-order chi connectivity index (χ1) is 6.83. The van der Waals surface area contributed by atoms with Gasteiger partial charge < -0.3 is 9.69 Å². The van der Waals surface area contributed by atoms with Gasteiger partial charge in [-0.05, 0) is 30.9 Å². The molecule has 0 N–H and O–H groups in total. The van der Waals surface area contributed by atoms with Crippen LogP contribution in [0.15, 0.2) is 24.3 Å². The Kier molecular flexibility index (Phi) is 2.53. The molecule has 1 aliphatic heterocycles. The number of carbonyl (C=O) groups is 1. The first-order valence-electron chi connectivity index (χ1n) is 5.09. The molecule has 0 spiro atoms. The van der Waals surface area contributed by atoms with E-state index in [1.165, 1.54) is 11.3 Å². The molecule has 0 saturated carbocycles. The van der Waals surface area contributed by atoms with E-state index in [1.807, 2.05) is 13.1 Å². The van der Waals surface area contributed by atoms with Crippen LogP contribution in [0, 0.1) is 0 Å². The Labute approximate surface area is 84.5 Å². The quantitative estimate of drug-likeness (QED) is 0.630. The summed E-state index contributed by atoms with van der Waals surface area (Å²) in [5.41, 5.74) is 2.57. The molecular formula is C12H15NO. The van der Waals surface area contributed by atoms with E-state index in [2.05, 4.69) is 23.1 Å². The molecule has 2 rings (SSSR count). The van der Waals surface area contributed by atoms with Crippen LogP contribution in [0.25, 0.3) is 0 Å². The molecule has 1 aromatic rings. The fourth-order valence-electron chi connectivity index (χ4n) is 2.10. The summed E-state index contributed by atoms with van der Waals surface area (Å²) in [5.74, 6) is 0. The first-order valence-corrected chi connectivity index (χ1v) is 5.09. The van der Waals surface area contributed by atoms with E-state index in [9.17, 15) is 4.79 Å². The van der Waals surface area contributed by atoms with Gasteiger partial charge in [0.15, 0.2) is 0 Å². The van der Waals surface area contributed by atoms with Crippen molar-refractivity contribution in [2.45, 2.75) is 25.3 Å². The third-order valence-electron chi connectivity index (χ3n) is 2.97. The largest absolute Gasteiger partial charge is 0.365 e. The van der Waals surface area contributed by atoms with Crippen LogP contribution in [0.4, 0.5) is 5.69 Å². The summed E-state index contributed by atoms with van der Waals surface area (Å²) >= 11 is 0. The molecule has 0 aliphatic carbocycles. The summed E-state index contributed by atoms with van der Waals surface area (Å²) in [6.45, 7) is 0. The van der Waals surface area contributed by atoms with Crippen LogP contribution >= 0.6 is 0 Å². The maximum atomic E-state index is 10.9. The van der Waals surface area contributed by atoms with Crippen molar-refractivity contribution >= 4 is 12.0 Å². The van der Waals surface area contributed by atoms with Crippen molar-refractivity contribution in [2.24, 2.45) is 0 Å². The lowest BCUT2D eigenvalue weighted by atomic mass is 10.1. The lowest BCUT2D eigenvalue weighted by Crippen LogP contribution is -2.32. The molecule has 1 aromatic carbocycles. The summed E-state index contributed by atoms with van der Waals surface area (Å²) in [5, 5.41) is 0. The van der Waals surface area contributed by atoms with Gasteiger partial charge in [0.25, 0.3) is 0 Å². The highest BCUT2D eigenvalue weighted by atomic mass is 16.1. The van der Waals surface area contributed by atoms with Crippen molar-refractivity contribution in [3.05, 3.63) is 29.8 Å². The number of hydrogen-bond acceptors (Lipinski definition) is 2. The maximum absolute atomic E-state index is 10.9. The fourth-order valence-corrected chi connectivity index (χ4v) is 2.10. The lowest BCUT2D eigenvalue weighted by molar-refractivity contribution is -0.109. The minimum absolute atomic E-state index is 0.0543. The smallest absolute Gasteiger partial charge is 0.142 e. The zero-order chi connectivity index (χ0) is 9.97. The van der Waals surface area contributed by atoms with Gasteiger partial charge >= 0.3 is 0 Å². The van der Waals surface area contributed by atoms with Gasteiger partial charge in [-0.25, -0.2) is 0 Å². The van der Waals surface area contributed by atoms with Gasteiger partial charge in [-0.15, -0.1) is 0 Å². The van der Waals surface area contributed by atoms with Crippen LogP contribution in [0.5, 0.6) is 0 Å². The predicted octanol–water partition coefficient (Wildman–Crippen LogP) is 2.03. The Morgan fingerprint density at radius 1 is 1.43 bits per heavy atom. The highest BCUT2D eigenvalue weighted by Crippen LogP contribution is 2.27. The highest BCUT2D eigenvalue weighted by Gasteiger charge is 2.19. The molecule has 0 saturated heterocycles. The van der Waals surface area contributed by atoms with Gasteiger partial charge in [-0.1, -0.05) is 18.2 Å². The average Bonchev–Trinajstić information content (AvgIpc) is 2.39. The van der Waals surface area contributed by atoms with Gasteiger partial charge in [0.05, 0.1) is 6.04 Å². The van der Waals surface area contributed by atoms with E-state index in [0.717, 1.165) is 25.5 Å². The second-order valence-electron chi connectivity index (χ2n) is 3.84. The molecule has 14 heavy (non-hydrogen) atoms. The molecule has 1 heterocycles. The number of aryl methyl sites for hydroxylation is 1. The molecular weight excluding hydrogens is 174 g/mol. The summed E-state index contributed by atoms with van der Waals surface area (Å²) in [6.07, 6.45) is 4.21. The summed E-state index contributed by atoms with van der Waals surface area (Å²) in [7, 11) is 2.00. The number of carbonyl (C=O) groups excluding carboxylic acids is 1. The third-order valence-corrected chi connectivity index (χ3v) is 2.97. The van der Waals surface area contributed by atoms with Crippen LogP contribution in [-0.2, 0) is 11.2 Å². The highest BCUT2D eigenvalue weighted by molar-refractivity contribution is 5.68. The fraction of sp³-hybridized carbons (Fsp3) is 0.417. The Balaban J connectivity index is 2.39. The van der Waals surface area contributed by atoms with E-state index in [1.54, 1.807) is 0 Å². The minimum atomic E-state index is 0.0543. The maximum Gasteiger partial charge on any atom is 0.142 e. The van der Waals surface area contributed by atoms with Crippen LogP contribution in [0.3, 0.4) is 0 Å². The van der Waals surface area contributed by atoms with Crippen molar-refractivity contribution in [3.63, 3.8) is 0 Å². The van der Waals surface area contributed by atoms with Gasteiger partial charge in [0.1, 0.15) is 6.29 Å². The normalized spacial score (nSPS) is 21.2. The molecule has 0 amide bonds. The predicted molar refractivity (Wildman–Crippen MR) is 57.6 cm³/mol. The van der Waals surface area contributed by atoms with Crippen LogP contribution < -0.4 is 4.90 Å². The lowest BCUT2D eigenvalue weighted by Gasteiger charge is -2.24. The second-order valence-corrected chi connectivity index (χ2v) is 3.84. The Morgan fingerprint density at radius 3 is 3.00 bits per heavy atom. The van der Waals surface area contributed by atoms with Crippen molar-refractivity contribution < 1.29 is 4.79 Å². The number of fused-ring (bicyclic) bond motifs is 1. The number of rotatable bonds is 1. The van der Waals surface area contributed by atoms with Crippen molar-refractivity contribution in [3.8, 4) is 0 Å². The van der Waals surface area contributed by atoms with E-state index in [0.29, 0.717) is 0 Å². The van der Waals surface area contributed by atoms with Gasteiger partial charge in [-0.2, -0.15) is 0 Å².